The zero-order chi connectivity index (χ0) is 22.9. The highest BCUT2D eigenvalue weighted by Crippen LogP contribution is 2.30. The second-order valence-electron chi connectivity index (χ2n) is 9.24. The predicted molar refractivity (Wildman–Crippen MR) is 123 cm³/mol. The van der Waals surface area contributed by atoms with E-state index in [1.807, 2.05) is 24.3 Å². The van der Waals surface area contributed by atoms with Crippen molar-refractivity contribution >= 4 is 17.8 Å². The molecule has 1 saturated heterocycles. The van der Waals surface area contributed by atoms with Gasteiger partial charge in [-0.15, -0.1) is 0 Å². The van der Waals surface area contributed by atoms with E-state index < -0.39 is 0 Å². The van der Waals surface area contributed by atoms with Crippen LogP contribution in [0.15, 0.2) is 38.8 Å². The highest BCUT2D eigenvalue weighted by atomic mass is 35.5. The topological polar surface area (TPSA) is 88.1 Å². The van der Waals surface area contributed by atoms with Crippen LogP contribution in [0.25, 0.3) is 0 Å². The Kier molecular flexibility index (Phi) is 10.8. The Morgan fingerprint density at radius 3 is 2.33 bits per heavy atom. The fourth-order valence-corrected chi connectivity index (χ4v) is 5.08. The van der Waals surface area contributed by atoms with E-state index in [-0.39, 0.29) is 54.6 Å². The van der Waals surface area contributed by atoms with Gasteiger partial charge in [0.15, 0.2) is 23.9 Å². The van der Waals surface area contributed by atoms with Crippen LogP contribution in [-0.4, -0.2) is 74.0 Å². The van der Waals surface area contributed by atoms with Gasteiger partial charge in [0, 0.05) is 20.5 Å². The molecule has 4 heterocycles. The van der Waals surface area contributed by atoms with Crippen LogP contribution < -0.4 is 72.6 Å². The number of fused-ring (bicyclic) bond motifs is 2. The van der Waals surface area contributed by atoms with Gasteiger partial charge in [-0.1, -0.05) is 12.1 Å². The number of hydrogen-bond acceptors (Lipinski definition) is 5. The lowest BCUT2D eigenvalue weighted by Crippen LogP contribution is -3.28. The lowest BCUT2D eigenvalue weighted by atomic mass is 10.2. The fraction of sp³-hybridized carbons (Fsp3) is 0.522. The third-order valence-electron chi connectivity index (χ3n) is 7.02. The zero-order valence-electron chi connectivity index (χ0n) is 20.4. The van der Waals surface area contributed by atoms with Gasteiger partial charge < -0.3 is 56.5 Å². The number of benzene rings is 1. The predicted octanol–water partition coefficient (Wildman–Crippen LogP) is -12.7. The normalized spacial score (nSPS) is 23.6. The quantitative estimate of drug-likeness (QED) is 0.326. The summed E-state index contributed by atoms with van der Waals surface area (Å²) in [4.78, 5) is 33.2. The van der Waals surface area contributed by atoms with Gasteiger partial charge in [-0.2, -0.15) is 4.99 Å². The molecule has 0 spiro atoms. The number of nitrogens with zero attached hydrogens (tertiary/aromatic N) is 3. The molecule has 0 saturated carbocycles. The van der Waals surface area contributed by atoms with Crippen molar-refractivity contribution in [3.8, 4) is 11.5 Å². The first-order valence-electron chi connectivity index (χ1n) is 11.8. The SMILES string of the molecule is Cn1c2c(c(=O)n(C)c1=O)[NH+](CCC[NH+]1CC[NH+](CC3COc4ccccc4O3)CC1)C=N2.[Cl-].[Cl-].[Cl-]. The van der Waals surface area contributed by atoms with Crippen LogP contribution in [0, 0.1) is 0 Å². The number of nitrogens with one attached hydrogen (secondary N) is 3. The summed E-state index contributed by atoms with van der Waals surface area (Å²) in [7, 11) is 3.19. The molecule has 1 fully saturated rings. The van der Waals surface area contributed by atoms with Crippen LogP contribution in [0.3, 0.4) is 0 Å². The Bertz CT molecular complexity index is 1180. The van der Waals surface area contributed by atoms with E-state index in [1.54, 1.807) is 23.2 Å². The van der Waals surface area contributed by atoms with E-state index in [2.05, 4.69) is 4.99 Å². The maximum Gasteiger partial charge on any atom is 0.332 e. The van der Waals surface area contributed by atoms with E-state index in [9.17, 15) is 9.59 Å². The van der Waals surface area contributed by atoms with Crippen molar-refractivity contribution in [1.82, 2.24) is 9.13 Å². The molecule has 36 heavy (non-hydrogen) atoms. The van der Waals surface area contributed by atoms with Gasteiger partial charge in [-0.05, 0) is 12.1 Å². The van der Waals surface area contributed by atoms with Gasteiger partial charge in [-0.25, -0.2) is 4.79 Å². The maximum atomic E-state index is 12.6. The largest absolute Gasteiger partial charge is 1.00 e. The first-order valence-corrected chi connectivity index (χ1v) is 11.8. The first kappa shape index (κ1) is 30.1. The second kappa shape index (κ2) is 12.9. The Labute approximate surface area is 228 Å². The maximum absolute atomic E-state index is 12.6. The minimum absolute atomic E-state index is 0. The van der Waals surface area contributed by atoms with E-state index in [0.717, 1.165) is 68.6 Å². The molecule has 0 amide bonds. The number of hydrogen-bond donors (Lipinski definition) is 3. The molecule has 3 aliphatic rings. The smallest absolute Gasteiger partial charge is 0.332 e. The molecule has 200 valence electrons. The summed E-state index contributed by atoms with van der Waals surface area (Å²) in [6.45, 7) is 7.98. The molecule has 2 atom stereocenters. The van der Waals surface area contributed by atoms with E-state index in [1.165, 1.54) is 16.2 Å². The standard InChI is InChI=1S/C23H30N6O4.3ClH/c1-25-21-20(22(30)26(2)23(25)31)29(16-24-21)9-5-8-27-10-12-28(13-11-27)14-17-15-32-18-6-3-4-7-19(18)33-17;;;/h3-4,6-7,16-17H,5,8-15H2,1-2H3;3*1H. The number of ether oxygens (including phenoxy) is 2. The molecule has 3 N–H and O–H groups in total. The van der Waals surface area contributed by atoms with Crippen LogP contribution in [-0.2, 0) is 14.1 Å². The van der Waals surface area contributed by atoms with Crippen LogP contribution in [0.2, 0.25) is 0 Å². The molecule has 2 aromatic rings. The van der Waals surface area contributed by atoms with Crippen molar-refractivity contribution < 1.29 is 61.4 Å². The van der Waals surface area contributed by atoms with Crippen molar-refractivity contribution in [3.63, 3.8) is 0 Å². The van der Waals surface area contributed by atoms with Crippen LogP contribution in [0.1, 0.15) is 6.42 Å². The van der Waals surface area contributed by atoms with Gasteiger partial charge in [0.25, 0.3) is 0 Å². The molecule has 0 aliphatic carbocycles. The third kappa shape index (κ3) is 6.07. The Morgan fingerprint density at radius 1 is 0.944 bits per heavy atom. The molecule has 0 bridgehead atoms. The average molecular weight is 564 g/mol. The second-order valence-corrected chi connectivity index (χ2v) is 9.24. The van der Waals surface area contributed by atoms with Gasteiger partial charge in [0.2, 0.25) is 11.5 Å². The van der Waals surface area contributed by atoms with Gasteiger partial charge in [0.1, 0.15) is 39.3 Å². The average Bonchev–Trinajstić information content (AvgIpc) is 3.26. The van der Waals surface area contributed by atoms with Crippen molar-refractivity contribution in [2.45, 2.75) is 12.5 Å². The Balaban J connectivity index is 0.00000152. The number of rotatable bonds is 6. The molecule has 1 aromatic heterocycles. The molecular weight excluding hydrogens is 531 g/mol. The highest BCUT2D eigenvalue weighted by molar-refractivity contribution is 5.68. The van der Waals surface area contributed by atoms with Gasteiger partial charge in [0.05, 0.1) is 13.1 Å². The summed E-state index contributed by atoms with van der Waals surface area (Å²) in [6, 6.07) is 7.87. The van der Waals surface area contributed by atoms with Crippen molar-refractivity contribution in [2.24, 2.45) is 19.1 Å². The summed E-state index contributed by atoms with van der Waals surface area (Å²) in [5, 5.41) is 0. The summed E-state index contributed by atoms with van der Waals surface area (Å²) < 4.78 is 14.6. The monoisotopic (exact) mass is 562 g/mol. The number of piperazine rings is 1. The van der Waals surface area contributed by atoms with Gasteiger partial charge in [-0.3, -0.25) is 18.8 Å². The summed E-state index contributed by atoms with van der Waals surface area (Å²) >= 11 is 0. The summed E-state index contributed by atoms with van der Waals surface area (Å²) in [5.41, 5.74) is -0.00167. The minimum Gasteiger partial charge on any atom is -1.00 e. The minimum atomic E-state index is -0.337. The number of aliphatic imine (C=N–C) groups is 1. The van der Waals surface area contributed by atoms with Crippen molar-refractivity contribution in [2.75, 3.05) is 52.4 Å². The highest BCUT2D eigenvalue weighted by Gasteiger charge is 2.31. The number of para-hydroxylation sites is 2. The van der Waals surface area contributed by atoms with E-state index in [0.29, 0.717) is 18.1 Å². The molecule has 1 aromatic carbocycles. The molecule has 3 aliphatic heterocycles. The first-order chi connectivity index (χ1) is 16.0. The molecule has 10 nitrogen and oxygen atoms in total. The lowest BCUT2D eigenvalue weighted by molar-refractivity contribution is -1.01. The molecule has 5 rings (SSSR count). The zero-order valence-corrected chi connectivity index (χ0v) is 22.7. The fourth-order valence-electron chi connectivity index (χ4n) is 5.08. The Hall–Kier alpha value is -2.08. The van der Waals surface area contributed by atoms with E-state index in [4.69, 9.17) is 9.47 Å². The van der Waals surface area contributed by atoms with Crippen LogP contribution in [0.5, 0.6) is 11.5 Å². The number of aromatic nitrogens is 2. The lowest BCUT2D eigenvalue weighted by Gasteiger charge is -2.33. The van der Waals surface area contributed by atoms with Crippen LogP contribution >= 0.6 is 0 Å². The van der Waals surface area contributed by atoms with Crippen molar-refractivity contribution in [3.05, 3.63) is 45.1 Å². The summed E-state index contributed by atoms with van der Waals surface area (Å²) in [6.07, 6.45) is 2.86. The number of halogens is 3. The third-order valence-corrected chi connectivity index (χ3v) is 7.02. The molecule has 13 heteroatoms. The molecule has 2 unspecified atom stereocenters. The van der Waals surface area contributed by atoms with E-state index >= 15 is 0 Å². The Morgan fingerprint density at radius 2 is 1.61 bits per heavy atom. The number of quaternary nitrogens is 3. The molecular formula is C23H33Cl3N6O4. The molecule has 0 radical (unpaired) electrons. The van der Waals surface area contributed by atoms with Crippen LogP contribution in [0.4, 0.5) is 11.5 Å². The summed E-state index contributed by atoms with van der Waals surface area (Å²) in [5.74, 6) is 2.17. The van der Waals surface area contributed by atoms with Crippen molar-refractivity contribution in [1.29, 1.82) is 0 Å². The van der Waals surface area contributed by atoms with Gasteiger partial charge >= 0.3 is 11.2 Å².